The Labute approximate surface area is 453 Å². The standard InChI is InChI=1S/C67H120O6/c1-4-7-10-13-16-19-22-25-28-30-32-33-35-36-39-42-45-48-51-54-57-60-66(69)72-63-64(62-71-65(68)59-56-53-50-47-44-41-38-27-24-21-18-15-12-9-6-3)73-67(70)61-58-55-52-49-46-43-40-37-34-31-29-26-23-20-17-14-11-8-5-2/h9,12,18,21-22,25,27,30,32,38,64H,4-8,10-11,13-17,19-20,23-24,26,28-29,31,33-37,39-63H2,1-3H3/b12-9-,21-18-,25-22-,32-30-,38-27-. The predicted molar refractivity (Wildman–Crippen MR) is 316 cm³/mol. The summed E-state index contributed by atoms with van der Waals surface area (Å²) in [5.74, 6) is -0.882. The SMILES string of the molecule is CC/C=C\C/C=C\C/C=C\CCCCCCCC(=O)OCC(COC(=O)CCCCCCCCCCC/C=C\C/C=C\CCCCCCC)OC(=O)CCCCCCCCCCCCCCCCCCCCC. The van der Waals surface area contributed by atoms with E-state index in [2.05, 4.69) is 81.5 Å². The number of hydrogen-bond acceptors (Lipinski definition) is 6. The Hall–Kier alpha value is -2.89. The lowest BCUT2D eigenvalue weighted by molar-refractivity contribution is -0.167. The van der Waals surface area contributed by atoms with Gasteiger partial charge in [-0.15, -0.1) is 0 Å². The largest absolute Gasteiger partial charge is 0.462 e. The van der Waals surface area contributed by atoms with E-state index >= 15 is 0 Å². The van der Waals surface area contributed by atoms with Crippen LogP contribution in [0.1, 0.15) is 329 Å². The van der Waals surface area contributed by atoms with Crippen LogP contribution in [0.2, 0.25) is 0 Å². The van der Waals surface area contributed by atoms with E-state index in [0.29, 0.717) is 19.3 Å². The number of carbonyl (C=O) groups excluding carboxylic acids is 3. The summed E-state index contributed by atoms with van der Waals surface area (Å²) in [6, 6.07) is 0. The van der Waals surface area contributed by atoms with Gasteiger partial charge in [-0.2, -0.15) is 0 Å². The predicted octanol–water partition coefficient (Wildman–Crippen LogP) is 21.6. The molecule has 0 aromatic rings. The van der Waals surface area contributed by atoms with Crippen LogP contribution in [0, 0.1) is 0 Å². The molecule has 0 N–H and O–H groups in total. The van der Waals surface area contributed by atoms with Crippen LogP contribution in [0.4, 0.5) is 0 Å². The molecule has 6 nitrogen and oxygen atoms in total. The Kier molecular flexibility index (Phi) is 59.2. The van der Waals surface area contributed by atoms with Crippen molar-refractivity contribution >= 4 is 17.9 Å². The zero-order chi connectivity index (χ0) is 52.9. The molecule has 0 amide bonds. The van der Waals surface area contributed by atoms with E-state index in [1.165, 1.54) is 186 Å². The molecule has 0 aromatic heterocycles. The summed E-state index contributed by atoms with van der Waals surface area (Å²) >= 11 is 0. The second-order valence-corrected chi connectivity index (χ2v) is 21.3. The number of hydrogen-bond donors (Lipinski definition) is 0. The summed E-state index contributed by atoms with van der Waals surface area (Å²) < 4.78 is 16.9. The molecular weight excluding hydrogens is 901 g/mol. The highest BCUT2D eigenvalue weighted by molar-refractivity contribution is 5.71. The van der Waals surface area contributed by atoms with E-state index in [9.17, 15) is 14.4 Å². The third-order valence-corrected chi connectivity index (χ3v) is 14.0. The molecule has 0 spiro atoms. The Morgan fingerprint density at radius 3 is 0.836 bits per heavy atom. The summed E-state index contributed by atoms with van der Waals surface area (Å²) in [4.78, 5) is 38.3. The van der Waals surface area contributed by atoms with E-state index in [1.807, 2.05) is 0 Å². The van der Waals surface area contributed by atoms with Crippen molar-refractivity contribution in [3.8, 4) is 0 Å². The summed E-state index contributed by atoms with van der Waals surface area (Å²) in [6.45, 7) is 6.55. The van der Waals surface area contributed by atoms with Crippen LogP contribution in [0.25, 0.3) is 0 Å². The summed E-state index contributed by atoms with van der Waals surface area (Å²) in [7, 11) is 0. The molecule has 0 saturated carbocycles. The monoisotopic (exact) mass is 1020 g/mol. The van der Waals surface area contributed by atoms with Crippen molar-refractivity contribution in [2.45, 2.75) is 335 Å². The Balaban J connectivity index is 4.35. The molecular formula is C67H120O6. The Bertz CT molecular complexity index is 1310. The van der Waals surface area contributed by atoms with Gasteiger partial charge in [-0.25, -0.2) is 0 Å². The lowest BCUT2D eigenvalue weighted by atomic mass is 10.0. The topological polar surface area (TPSA) is 78.9 Å². The van der Waals surface area contributed by atoms with Gasteiger partial charge in [0.05, 0.1) is 0 Å². The van der Waals surface area contributed by atoms with Gasteiger partial charge in [0.1, 0.15) is 13.2 Å². The average Bonchev–Trinajstić information content (AvgIpc) is 3.39. The lowest BCUT2D eigenvalue weighted by Gasteiger charge is -2.18. The highest BCUT2D eigenvalue weighted by Gasteiger charge is 2.19. The highest BCUT2D eigenvalue weighted by Crippen LogP contribution is 2.17. The molecule has 73 heavy (non-hydrogen) atoms. The molecule has 0 heterocycles. The molecule has 0 radical (unpaired) electrons. The fourth-order valence-electron chi connectivity index (χ4n) is 9.25. The van der Waals surface area contributed by atoms with E-state index in [-0.39, 0.29) is 31.1 Å². The van der Waals surface area contributed by atoms with Gasteiger partial charge in [-0.1, -0.05) is 287 Å². The average molecular weight is 1020 g/mol. The fraction of sp³-hybridized carbons (Fsp3) is 0.806. The van der Waals surface area contributed by atoms with Crippen LogP contribution >= 0.6 is 0 Å². The minimum Gasteiger partial charge on any atom is -0.462 e. The van der Waals surface area contributed by atoms with Crippen molar-refractivity contribution in [1.82, 2.24) is 0 Å². The van der Waals surface area contributed by atoms with Crippen molar-refractivity contribution in [2.75, 3.05) is 13.2 Å². The van der Waals surface area contributed by atoms with Gasteiger partial charge >= 0.3 is 17.9 Å². The van der Waals surface area contributed by atoms with Gasteiger partial charge in [0.15, 0.2) is 6.10 Å². The highest BCUT2D eigenvalue weighted by atomic mass is 16.6. The molecule has 1 unspecified atom stereocenters. The molecule has 0 aliphatic rings. The third-order valence-electron chi connectivity index (χ3n) is 14.0. The molecule has 0 fully saturated rings. The lowest BCUT2D eigenvalue weighted by Crippen LogP contribution is -2.30. The quantitative estimate of drug-likeness (QED) is 0.0261. The maximum atomic E-state index is 12.9. The first-order chi connectivity index (χ1) is 36.0. The van der Waals surface area contributed by atoms with Gasteiger partial charge < -0.3 is 14.2 Å². The van der Waals surface area contributed by atoms with Crippen LogP contribution < -0.4 is 0 Å². The number of unbranched alkanes of at least 4 members (excludes halogenated alkanes) is 37. The van der Waals surface area contributed by atoms with Crippen molar-refractivity contribution in [2.24, 2.45) is 0 Å². The van der Waals surface area contributed by atoms with Crippen LogP contribution in [-0.4, -0.2) is 37.2 Å². The van der Waals surface area contributed by atoms with Crippen molar-refractivity contribution in [1.29, 1.82) is 0 Å². The smallest absolute Gasteiger partial charge is 0.306 e. The Morgan fingerprint density at radius 2 is 0.534 bits per heavy atom. The van der Waals surface area contributed by atoms with Gasteiger partial charge in [-0.3, -0.25) is 14.4 Å². The van der Waals surface area contributed by atoms with E-state index in [1.54, 1.807) is 0 Å². The van der Waals surface area contributed by atoms with Crippen molar-refractivity contribution in [3.63, 3.8) is 0 Å². The van der Waals surface area contributed by atoms with E-state index in [0.717, 1.165) is 103 Å². The molecule has 1 atom stereocenters. The van der Waals surface area contributed by atoms with E-state index in [4.69, 9.17) is 14.2 Å². The first-order valence-electron chi connectivity index (χ1n) is 31.8. The second-order valence-electron chi connectivity index (χ2n) is 21.3. The minimum absolute atomic E-state index is 0.0792. The van der Waals surface area contributed by atoms with Gasteiger partial charge in [0, 0.05) is 19.3 Å². The number of allylic oxidation sites excluding steroid dienone is 10. The van der Waals surface area contributed by atoms with Crippen LogP contribution in [0.3, 0.4) is 0 Å². The minimum atomic E-state index is -0.782. The number of ether oxygens (including phenoxy) is 3. The second kappa shape index (κ2) is 61.7. The zero-order valence-corrected chi connectivity index (χ0v) is 48.7. The first-order valence-corrected chi connectivity index (χ1v) is 31.8. The number of esters is 3. The van der Waals surface area contributed by atoms with Gasteiger partial charge in [0.2, 0.25) is 0 Å². The van der Waals surface area contributed by atoms with Crippen LogP contribution in [-0.2, 0) is 28.6 Å². The van der Waals surface area contributed by atoms with Crippen LogP contribution in [0.5, 0.6) is 0 Å². The Morgan fingerprint density at radius 1 is 0.288 bits per heavy atom. The molecule has 0 aromatic carbocycles. The van der Waals surface area contributed by atoms with E-state index < -0.39 is 6.10 Å². The third kappa shape index (κ3) is 59.9. The maximum absolute atomic E-state index is 12.9. The maximum Gasteiger partial charge on any atom is 0.306 e. The van der Waals surface area contributed by atoms with Crippen molar-refractivity contribution in [3.05, 3.63) is 60.8 Å². The zero-order valence-electron chi connectivity index (χ0n) is 48.7. The summed E-state index contributed by atoms with van der Waals surface area (Å²) in [5, 5.41) is 0. The van der Waals surface area contributed by atoms with Gasteiger partial charge in [0.25, 0.3) is 0 Å². The molecule has 0 aliphatic carbocycles. The van der Waals surface area contributed by atoms with Crippen molar-refractivity contribution < 1.29 is 28.6 Å². The molecule has 0 saturated heterocycles. The molecule has 0 bridgehead atoms. The first kappa shape index (κ1) is 70.1. The molecule has 0 aliphatic heterocycles. The number of rotatable bonds is 58. The van der Waals surface area contributed by atoms with Crippen LogP contribution in [0.15, 0.2) is 60.8 Å². The molecule has 0 rings (SSSR count). The normalized spacial score (nSPS) is 12.4. The molecule has 6 heteroatoms. The summed E-state index contributed by atoms with van der Waals surface area (Å²) in [5.41, 5.74) is 0. The fourth-order valence-corrected chi connectivity index (χ4v) is 9.25. The molecule has 424 valence electrons. The summed E-state index contributed by atoms with van der Waals surface area (Å²) in [6.07, 6.45) is 77.9. The number of carbonyl (C=O) groups is 3. The van der Waals surface area contributed by atoms with Gasteiger partial charge in [-0.05, 0) is 83.5 Å².